The van der Waals surface area contributed by atoms with Crippen LogP contribution in [0.1, 0.15) is 12.8 Å². The molecule has 1 radical (unpaired) electrons. The van der Waals surface area contributed by atoms with Crippen LogP contribution in [0.3, 0.4) is 0 Å². The first-order valence-electron chi connectivity index (χ1n) is 4.73. The molecular formula is C9H19NO2+. The number of hydrogen-bond donors (Lipinski definition) is 1. The van der Waals surface area contributed by atoms with Crippen molar-refractivity contribution in [1.82, 2.24) is 0 Å². The van der Waals surface area contributed by atoms with Gasteiger partial charge in [0.25, 0.3) is 0 Å². The van der Waals surface area contributed by atoms with Gasteiger partial charge in [0.2, 0.25) is 0 Å². The van der Waals surface area contributed by atoms with E-state index in [0.29, 0.717) is 5.92 Å². The highest BCUT2D eigenvalue weighted by Gasteiger charge is 2.28. The number of quaternary nitrogens is 1. The summed E-state index contributed by atoms with van der Waals surface area (Å²) in [7, 11) is 2.16. The summed E-state index contributed by atoms with van der Waals surface area (Å²) in [5, 5.41) is 19.4. The van der Waals surface area contributed by atoms with Crippen molar-refractivity contribution in [2.24, 2.45) is 5.92 Å². The van der Waals surface area contributed by atoms with Crippen molar-refractivity contribution in [1.29, 1.82) is 0 Å². The van der Waals surface area contributed by atoms with Crippen LogP contribution in [0.4, 0.5) is 0 Å². The summed E-state index contributed by atoms with van der Waals surface area (Å²) >= 11 is 0. The fraction of sp³-hybridized carbons (Fsp3) is 1.00. The maximum atomic E-state index is 10.6. The van der Waals surface area contributed by atoms with E-state index in [2.05, 4.69) is 7.05 Å². The second-order valence-corrected chi connectivity index (χ2v) is 4.12. The highest BCUT2D eigenvalue weighted by Crippen LogP contribution is 2.20. The van der Waals surface area contributed by atoms with Crippen LogP contribution >= 0.6 is 0 Å². The molecule has 1 heterocycles. The first-order valence-corrected chi connectivity index (χ1v) is 4.73. The molecule has 3 nitrogen and oxygen atoms in total. The molecule has 0 atom stereocenters. The molecule has 0 saturated carbocycles. The quantitative estimate of drug-likeness (QED) is 0.611. The van der Waals surface area contributed by atoms with Crippen LogP contribution in [0.25, 0.3) is 0 Å². The molecule has 1 aliphatic rings. The zero-order valence-corrected chi connectivity index (χ0v) is 7.83. The Kier molecular flexibility index (Phi) is 3.50. The maximum absolute atomic E-state index is 10.6. The van der Waals surface area contributed by atoms with Crippen LogP contribution in [0.15, 0.2) is 0 Å². The van der Waals surface area contributed by atoms with Gasteiger partial charge in [-0.25, -0.2) is 5.11 Å². The van der Waals surface area contributed by atoms with E-state index in [0.717, 1.165) is 37.0 Å². The average Bonchev–Trinajstić information content (AvgIpc) is 2.06. The fourth-order valence-electron chi connectivity index (χ4n) is 1.88. The predicted octanol–water partition coefficient (Wildman–Crippen LogP) is 0.266. The number of aliphatic hydroxyl groups is 1. The molecule has 1 rings (SSSR count). The Morgan fingerprint density at radius 3 is 2.42 bits per heavy atom. The number of rotatable bonds is 3. The molecule has 0 aromatic heterocycles. The summed E-state index contributed by atoms with van der Waals surface area (Å²) in [5.74, 6) is 0.398. The van der Waals surface area contributed by atoms with Gasteiger partial charge >= 0.3 is 0 Å². The molecule has 0 spiro atoms. The molecule has 0 amide bonds. The number of piperidine rings is 1. The largest absolute Gasteiger partial charge is 0.391 e. The smallest absolute Gasteiger partial charge is 0.102 e. The lowest BCUT2D eigenvalue weighted by molar-refractivity contribution is -0.915. The highest BCUT2D eigenvalue weighted by molar-refractivity contribution is 4.62. The summed E-state index contributed by atoms with van der Waals surface area (Å²) in [5.41, 5.74) is 0. The van der Waals surface area contributed by atoms with Crippen molar-refractivity contribution in [2.45, 2.75) is 12.8 Å². The van der Waals surface area contributed by atoms with Gasteiger partial charge in [-0.1, -0.05) is 0 Å². The normalized spacial score (nSPS) is 36.8. The molecular weight excluding hydrogens is 154 g/mol. The summed E-state index contributed by atoms with van der Waals surface area (Å²) < 4.78 is 0.951. The van der Waals surface area contributed by atoms with Crippen molar-refractivity contribution in [3.8, 4) is 0 Å². The monoisotopic (exact) mass is 173 g/mol. The Balaban J connectivity index is 2.33. The zero-order valence-electron chi connectivity index (χ0n) is 7.83. The molecule has 3 heteroatoms. The SMILES string of the molecule is C[N+]1(CCO)CCC(C[O])CC1. The van der Waals surface area contributed by atoms with E-state index >= 15 is 0 Å². The van der Waals surface area contributed by atoms with E-state index < -0.39 is 0 Å². The van der Waals surface area contributed by atoms with E-state index in [-0.39, 0.29) is 13.2 Å². The number of nitrogens with zero attached hydrogens (tertiary/aromatic N) is 1. The van der Waals surface area contributed by atoms with Crippen LogP contribution < -0.4 is 0 Å². The molecule has 0 aliphatic carbocycles. The summed E-state index contributed by atoms with van der Waals surface area (Å²) in [6.07, 6.45) is 2.08. The minimum Gasteiger partial charge on any atom is -0.391 e. The molecule has 0 bridgehead atoms. The van der Waals surface area contributed by atoms with Gasteiger partial charge in [-0.3, -0.25) is 0 Å². The number of likely N-dealkylation sites (tertiary alicyclic amines) is 1. The van der Waals surface area contributed by atoms with Gasteiger partial charge < -0.3 is 9.59 Å². The first-order chi connectivity index (χ1) is 5.70. The van der Waals surface area contributed by atoms with E-state index in [4.69, 9.17) is 5.11 Å². The second kappa shape index (κ2) is 4.21. The molecule has 12 heavy (non-hydrogen) atoms. The Morgan fingerprint density at radius 1 is 1.42 bits per heavy atom. The second-order valence-electron chi connectivity index (χ2n) is 4.12. The van der Waals surface area contributed by atoms with Gasteiger partial charge in [-0.2, -0.15) is 0 Å². The van der Waals surface area contributed by atoms with Crippen molar-refractivity contribution < 1.29 is 14.7 Å². The van der Waals surface area contributed by atoms with E-state index in [9.17, 15) is 5.11 Å². The van der Waals surface area contributed by atoms with Crippen molar-refractivity contribution in [2.75, 3.05) is 39.9 Å². The van der Waals surface area contributed by atoms with Gasteiger partial charge in [0.1, 0.15) is 6.54 Å². The Morgan fingerprint density at radius 2 is 2.00 bits per heavy atom. The molecule has 1 fully saturated rings. The molecule has 1 saturated heterocycles. The van der Waals surface area contributed by atoms with E-state index in [1.807, 2.05) is 0 Å². The average molecular weight is 173 g/mol. The Labute approximate surface area is 74.2 Å². The lowest BCUT2D eigenvalue weighted by atomic mass is 9.96. The molecule has 1 aliphatic heterocycles. The topological polar surface area (TPSA) is 40.1 Å². The third-order valence-corrected chi connectivity index (χ3v) is 3.03. The summed E-state index contributed by atoms with van der Waals surface area (Å²) in [6.45, 7) is 3.31. The number of aliphatic hydroxyl groups excluding tert-OH is 1. The Bertz CT molecular complexity index is 130. The zero-order chi connectivity index (χ0) is 9.03. The van der Waals surface area contributed by atoms with Gasteiger partial charge in [-0.05, 0) is 5.92 Å². The van der Waals surface area contributed by atoms with Crippen LogP contribution in [0, 0.1) is 5.92 Å². The van der Waals surface area contributed by atoms with Crippen LogP contribution in [0.2, 0.25) is 0 Å². The molecule has 0 unspecified atom stereocenters. The van der Waals surface area contributed by atoms with Crippen LogP contribution in [0.5, 0.6) is 0 Å². The third-order valence-electron chi connectivity index (χ3n) is 3.03. The van der Waals surface area contributed by atoms with Crippen LogP contribution in [-0.4, -0.2) is 49.5 Å². The van der Waals surface area contributed by atoms with Gasteiger partial charge in [0.15, 0.2) is 0 Å². The number of hydrogen-bond acceptors (Lipinski definition) is 1. The van der Waals surface area contributed by atoms with Crippen molar-refractivity contribution in [3.63, 3.8) is 0 Å². The van der Waals surface area contributed by atoms with Crippen LogP contribution in [-0.2, 0) is 5.11 Å². The van der Waals surface area contributed by atoms with Gasteiger partial charge in [-0.15, -0.1) is 0 Å². The van der Waals surface area contributed by atoms with E-state index in [1.165, 1.54) is 0 Å². The minimum atomic E-state index is 0.0825. The fourth-order valence-corrected chi connectivity index (χ4v) is 1.88. The highest BCUT2D eigenvalue weighted by atomic mass is 16.3. The first kappa shape index (κ1) is 9.96. The maximum Gasteiger partial charge on any atom is 0.102 e. The van der Waals surface area contributed by atoms with Gasteiger partial charge in [0.05, 0.1) is 33.4 Å². The Hall–Kier alpha value is -0.120. The molecule has 0 aromatic rings. The summed E-state index contributed by atoms with van der Waals surface area (Å²) in [4.78, 5) is 0. The molecule has 0 aromatic carbocycles. The number of likely N-dealkylation sites (N-methyl/N-ethyl adjacent to an activating group) is 1. The third kappa shape index (κ3) is 2.44. The molecule has 1 N–H and O–H groups in total. The summed E-state index contributed by atoms with van der Waals surface area (Å²) in [6, 6.07) is 0. The standard InChI is InChI=1S/C9H19NO2/c1-10(6-7-11)4-2-9(8-12)3-5-10/h9,11H,2-8H2,1H3/q+1. The molecule has 71 valence electrons. The lowest BCUT2D eigenvalue weighted by Crippen LogP contribution is -2.51. The van der Waals surface area contributed by atoms with Crippen molar-refractivity contribution in [3.05, 3.63) is 0 Å². The van der Waals surface area contributed by atoms with Gasteiger partial charge in [0, 0.05) is 12.8 Å². The lowest BCUT2D eigenvalue weighted by Gasteiger charge is -2.39. The minimum absolute atomic E-state index is 0.0825. The van der Waals surface area contributed by atoms with E-state index in [1.54, 1.807) is 0 Å². The van der Waals surface area contributed by atoms with Crippen molar-refractivity contribution >= 4 is 0 Å². The predicted molar refractivity (Wildman–Crippen MR) is 46.1 cm³/mol.